The van der Waals surface area contributed by atoms with E-state index in [0.717, 1.165) is 23.6 Å². The predicted molar refractivity (Wildman–Crippen MR) is 74.3 cm³/mol. The van der Waals surface area contributed by atoms with Gasteiger partial charge < -0.3 is 5.73 Å². The minimum Gasteiger partial charge on any atom is -0.330 e. The first-order chi connectivity index (χ1) is 8.36. The minimum absolute atomic E-state index is 0.805. The third-order valence-corrected chi connectivity index (χ3v) is 5.74. The predicted octanol–water partition coefficient (Wildman–Crippen LogP) is 3.47. The van der Waals surface area contributed by atoms with E-state index in [2.05, 4.69) is 36.0 Å². The molecule has 2 heteroatoms. The van der Waals surface area contributed by atoms with Gasteiger partial charge in [-0.05, 0) is 49.3 Å². The molecule has 1 aliphatic carbocycles. The van der Waals surface area contributed by atoms with E-state index in [0.29, 0.717) is 0 Å². The molecule has 1 fully saturated rings. The molecule has 0 bridgehead atoms. The molecule has 0 saturated heterocycles. The highest BCUT2D eigenvalue weighted by Crippen LogP contribution is 2.43. The molecule has 2 aliphatic rings. The Bertz CT molecular complexity index is 365. The second-order valence-electron chi connectivity index (χ2n) is 5.47. The van der Waals surface area contributed by atoms with E-state index in [1.807, 2.05) is 0 Å². The third kappa shape index (κ3) is 2.38. The highest BCUT2D eigenvalue weighted by atomic mass is 32.2. The zero-order valence-corrected chi connectivity index (χ0v) is 11.1. The van der Waals surface area contributed by atoms with Crippen LogP contribution in [0.25, 0.3) is 0 Å². The van der Waals surface area contributed by atoms with Gasteiger partial charge in [-0.1, -0.05) is 31.0 Å². The lowest BCUT2D eigenvalue weighted by molar-refractivity contribution is 0.369. The van der Waals surface area contributed by atoms with Crippen LogP contribution >= 0.6 is 11.8 Å². The van der Waals surface area contributed by atoms with Crippen LogP contribution in [0.2, 0.25) is 0 Å². The summed E-state index contributed by atoms with van der Waals surface area (Å²) in [5.74, 6) is 1.70. The zero-order chi connectivity index (χ0) is 11.7. The molecule has 1 aromatic rings. The second-order valence-corrected chi connectivity index (χ2v) is 6.82. The molecule has 0 aromatic heterocycles. The molecule has 3 rings (SSSR count). The fourth-order valence-electron chi connectivity index (χ4n) is 3.46. The molecule has 92 valence electrons. The fourth-order valence-corrected chi connectivity index (χ4v) is 4.88. The largest absolute Gasteiger partial charge is 0.330 e. The first kappa shape index (κ1) is 11.6. The van der Waals surface area contributed by atoms with Gasteiger partial charge in [-0.2, -0.15) is 0 Å². The number of fused-ring (bicyclic) bond motifs is 1. The van der Waals surface area contributed by atoms with E-state index in [9.17, 15) is 0 Å². The number of rotatable bonds is 3. The Hall–Kier alpha value is -0.470. The van der Waals surface area contributed by atoms with Crippen molar-refractivity contribution in [1.29, 1.82) is 0 Å². The van der Waals surface area contributed by atoms with Crippen LogP contribution in [-0.2, 0) is 6.42 Å². The molecule has 3 atom stereocenters. The van der Waals surface area contributed by atoms with Crippen LogP contribution in [0.15, 0.2) is 29.2 Å². The van der Waals surface area contributed by atoms with Gasteiger partial charge in [0.2, 0.25) is 0 Å². The van der Waals surface area contributed by atoms with Crippen molar-refractivity contribution < 1.29 is 0 Å². The van der Waals surface area contributed by atoms with Gasteiger partial charge in [-0.15, -0.1) is 11.8 Å². The smallest absolute Gasteiger partial charge is 0.0138 e. The van der Waals surface area contributed by atoms with Crippen LogP contribution in [0.4, 0.5) is 0 Å². The lowest BCUT2D eigenvalue weighted by Crippen LogP contribution is -2.21. The van der Waals surface area contributed by atoms with E-state index < -0.39 is 0 Å². The molecule has 17 heavy (non-hydrogen) atoms. The number of thioether (sulfide) groups is 1. The highest BCUT2D eigenvalue weighted by Gasteiger charge is 2.31. The lowest BCUT2D eigenvalue weighted by atomic mass is 9.90. The molecular weight excluding hydrogens is 226 g/mol. The monoisotopic (exact) mass is 247 g/mol. The maximum atomic E-state index is 5.88. The summed E-state index contributed by atoms with van der Waals surface area (Å²) in [5.41, 5.74) is 7.44. The standard InChI is InChI=1S/C15H21NS/c16-10-13-6-3-5-11(13)8-14-9-12-4-1-2-7-15(12)17-14/h1-2,4,7,11,13-14H,3,5-6,8-10,16H2. The number of hydrogen-bond acceptors (Lipinski definition) is 2. The number of benzene rings is 1. The first-order valence-electron chi connectivity index (χ1n) is 6.81. The van der Waals surface area contributed by atoms with E-state index >= 15 is 0 Å². The van der Waals surface area contributed by atoms with Crippen molar-refractivity contribution in [1.82, 2.24) is 0 Å². The van der Waals surface area contributed by atoms with Gasteiger partial charge in [0.25, 0.3) is 0 Å². The Morgan fingerprint density at radius 1 is 1.18 bits per heavy atom. The van der Waals surface area contributed by atoms with Crippen molar-refractivity contribution in [3.8, 4) is 0 Å². The molecule has 0 spiro atoms. The van der Waals surface area contributed by atoms with Crippen molar-refractivity contribution >= 4 is 11.8 Å². The topological polar surface area (TPSA) is 26.0 Å². The van der Waals surface area contributed by atoms with Crippen LogP contribution in [-0.4, -0.2) is 11.8 Å². The lowest BCUT2D eigenvalue weighted by Gasteiger charge is -2.20. The first-order valence-corrected chi connectivity index (χ1v) is 7.69. The molecule has 1 aromatic carbocycles. The van der Waals surface area contributed by atoms with Crippen molar-refractivity contribution in [2.75, 3.05) is 6.54 Å². The fraction of sp³-hybridized carbons (Fsp3) is 0.600. The van der Waals surface area contributed by atoms with Crippen LogP contribution in [0, 0.1) is 11.8 Å². The molecule has 1 heterocycles. The number of hydrogen-bond donors (Lipinski definition) is 1. The molecule has 1 nitrogen and oxygen atoms in total. The van der Waals surface area contributed by atoms with Gasteiger partial charge in [-0.3, -0.25) is 0 Å². The van der Waals surface area contributed by atoms with E-state index in [4.69, 9.17) is 5.73 Å². The number of nitrogens with two attached hydrogens (primary N) is 1. The summed E-state index contributed by atoms with van der Waals surface area (Å²) in [7, 11) is 0. The normalized spacial score (nSPS) is 31.7. The van der Waals surface area contributed by atoms with Crippen LogP contribution < -0.4 is 5.73 Å². The van der Waals surface area contributed by atoms with Gasteiger partial charge >= 0.3 is 0 Å². The summed E-state index contributed by atoms with van der Waals surface area (Å²) in [6, 6.07) is 8.89. The van der Waals surface area contributed by atoms with Crippen molar-refractivity contribution in [3.63, 3.8) is 0 Å². The third-order valence-electron chi connectivity index (χ3n) is 4.40. The van der Waals surface area contributed by atoms with Gasteiger partial charge in [-0.25, -0.2) is 0 Å². The highest BCUT2D eigenvalue weighted by molar-refractivity contribution is 8.00. The van der Waals surface area contributed by atoms with Crippen molar-refractivity contribution in [2.24, 2.45) is 17.6 Å². The quantitative estimate of drug-likeness (QED) is 0.885. The van der Waals surface area contributed by atoms with E-state index in [1.165, 1.54) is 37.0 Å². The molecule has 1 saturated carbocycles. The van der Waals surface area contributed by atoms with Crippen molar-refractivity contribution in [3.05, 3.63) is 29.8 Å². The zero-order valence-electron chi connectivity index (χ0n) is 10.3. The maximum Gasteiger partial charge on any atom is 0.0138 e. The minimum atomic E-state index is 0.805. The Labute approximate surface area is 108 Å². The second kappa shape index (κ2) is 5.03. The molecular formula is C15H21NS. The SMILES string of the molecule is NCC1CCCC1CC1Cc2ccccc2S1. The summed E-state index contributed by atoms with van der Waals surface area (Å²) in [6.45, 7) is 0.898. The van der Waals surface area contributed by atoms with Gasteiger partial charge in [0.05, 0.1) is 0 Å². The Kier molecular flexibility index (Phi) is 3.44. The maximum absolute atomic E-state index is 5.88. The molecule has 1 aliphatic heterocycles. The Morgan fingerprint density at radius 3 is 2.82 bits per heavy atom. The van der Waals surface area contributed by atoms with E-state index in [-0.39, 0.29) is 0 Å². The Balaban J connectivity index is 1.62. The van der Waals surface area contributed by atoms with Crippen LogP contribution in [0.1, 0.15) is 31.2 Å². The molecule has 2 N–H and O–H groups in total. The molecule has 0 radical (unpaired) electrons. The van der Waals surface area contributed by atoms with Gasteiger partial charge in [0.15, 0.2) is 0 Å². The van der Waals surface area contributed by atoms with Crippen LogP contribution in [0.5, 0.6) is 0 Å². The summed E-state index contributed by atoms with van der Waals surface area (Å²) in [4.78, 5) is 1.51. The summed E-state index contributed by atoms with van der Waals surface area (Å²) in [5, 5.41) is 0.810. The Morgan fingerprint density at radius 2 is 2.00 bits per heavy atom. The summed E-state index contributed by atoms with van der Waals surface area (Å²) in [6.07, 6.45) is 6.83. The van der Waals surface area contributed by atoms with Crippen molar-refractivity contribution in [2.45, 2.75) is 42.2 Å². The van der Waals surface area contributed by atoms with Gasteiger partial charge in [0.1, 0.15) is 0 Å². The molecule has 3 unspecified atom stereocenters. The summed E-state index contributed by atoms with van der Waals surface area (Å²) < 4.78 is 0. The summed E-state index contributed by atoms with van der Waals surface area (Å²) >= 11 is 2.09. The van der Waals surface area contributed by atoms with E-state index in [1.54, 1.807) is 5.56 Å². The molecule has 0 amide bonds. The van der Waals surface area contributed by atoms with Crippen LogP contribution in [0.3, 0.4) is 0 Å². The van der Waals surface area contributed by atoms with Gasteiger partial charge in [0, 0.05) is 10.1 Å². The average Bonchev–Trinajstić information content (AvgIpc) is 2.94. The average molecular weight is 247 g/mol.